The summed E-state index contributed by atoms with van der Waals surface area (Å²) in [5.74, 6) is 0.843. The van der Waals surface area contributed by atoms with Crippen LogP contribution in [0, 0.1) is 0 Å². The lowest BCUT2D eigenvalue weighted by molar-refractivity contribution is -0.114. The van der Waals surface area contributed by atoms with E-state index in [-0.39, 0.29) is 11.6 Å². The van der Waals surface area contributed by atoms with Crippen molar-refractivity contribution in [2.75, 3.05) is 5.75 Å². The van der Waals surface area contributed by atoms with Crippen molar-refractivity contribution in [3.63, 3.8) is 0 Å². The van der Waals surface area contributed by atoms with Crippen LogP contribution in [0.25, 0.3) is 0 Å². The Morgan fingerprint density at radius 3 is 2.21 bits per heavy atom. The SMILES string of the molecule is CCCCCCCCCCSC1=CC(=O)C=CC1=O. The van der Waals surface area contributed by atoms with Crippen LogP contribution >= 0.6 is 11.8 Å². The summed E-state index contributed by atoms with van der Waals surface area (Å²) in [5.41, 5.74) is 0. The van der Waals surface area contributed by atoms with Crippen molar-refractivity contribution in [2.45, 2.75) is 58.3 Å². The van der Waals surface area contributed by atoms with Crippen molar-refractivity contribution >= 4 is 23.3 Å². The molecule has 0 aromatic rings. The minimum atomic E-state index is -0.0713. The molecule has 0 bridgehead atoms. The number of hydrogen-bond acceptors (Lipinski definition) is 3. The van der Waals surface area contributed by atoms with E-state index in [0.717, 1.165) is 12.2 Å². The highest BCUT2D eigenvalue weighted by Gasteiger charge is 2.12. The summed E-state index contributed by atoms with van der Waals surface area (Å²) in [6, 6.07) is 0. The molecule has 0 amide bonds. The molecule has 0 fully saturated rings. The van der Waals surface area contributed by atoms with E-state index in [1.54, 1.807) is 0 Å². The number of unbranched alkanes of at least 4 members (excludes halogenated alkanes) is 7. The molecule has 3 heteroatoms. The van der Waals surface area contributed by atoms with Crippen molar-refractivity contribution in [3.05, 3.63) is 23.1 Å². The van der Waals surface area contributed by atoms with Gasteiger partial charge in [-0.15, -0.1) is 11.8 Å². The van der Waals surface area contributed by atoms with Crippen molar-refractivity contribution < 1.29 is 9.59 Å². The van der Waals surface area contributed by atoms with Gasteiger partial charge in [0.15, 0.2) is 11.6 Å². The summed E-state index contributed by atoms with van der Waals surface area (Å²) in [6.45, 7) is 2.23. The molecule has 0 heterocycles. The molecule has 0 aromatic carbocycles. The third-order valence-corrected chi connectivity index (χ3v) is 4.29. The predicted molar refractivity (Wildman–Crippen MR) is 82.3 cm³/mol. The van der Waals surface area contributed by atoms with E-state index >= 15 is 0 Å². The second kappa shape index (κ2) is 10.0. The van der Waals surface area contributed by atoms with Gasteiger partial charge in [0.1, 0.15) is 0 Å². The lowest BCUT2D eigenvalue weighted by Crippen LogP contribution is -2.05. The normalized spacial score (nSPS) is 14.9. The third kappa shape index (κ3) is 7.36. The molecule has 0 spiro atoms. The topological polar surface area (TPSA) is 34.1 Å². The molecule has 0 N–H and O–H groups in total. The highest BCUT2D eigenvalue weighted by Crippen LogP contribution is 2.22. The smallest absolute Gasteiger partial charge is 0.192 e. The first-order valence-corrected chi connectivity index (χ1v) is 8.33. The fourth-order valence-electron chi connectivity index (χ4n) is 2.02. The summed E-state index contributed by atoms with van der Waals surface area (Å²) in [5, 5.41) is 0. The average Bonchev–Trinajstić information content (AvgIpc) is 2.40. The first kappa shape index (κ1) is 16.2. The number of rotatable bonds is 10. The van der Waals surface area contributed by atoms with Crippen LogP contribution in [0.4, 0.5) is 0 Å². The van der Waals surface area contributed by atoms with Crippen LogP contribution in [-0.4, -0.2) is 17.3 Å². The van der Waals surface area contributed by atoms with E-state index in [1.807, 2.05) is 0 Å². The third-order valence-electron chi connectivity index (χ3n) is 3.17. The number of allylic oxidation sites excluding steroid dienone is 4. The molecule has 0 saturated heterocycles. The Hall–Kier alpha value is -0.830. The standard InChI is InChI=1S/C16H24O2S/c1-2-3-4-5-6-7-8-9-12-19-16-13-14(17)10-11-15(16)18/h10-11,13H,2-9,12H2,1H3. The predicted octanol–water partition coefficient (Wildman–Crippen LogP) is 4.45. The molecule has 1 aliphatic rings. The summed E-state index contributed by atoms with van der Waals surface area (Å²) >= 11 is 1.52. The molecule has 0 aliphatic heterocycles. The molecule has 19 heavy (non-hydrogen) atoms. The van der Waals surface area contributed by atoms with Gasteiger partial charge in [-0.05, 0) is 24.3 Å². The van der Waals surface area contributed by atoms with Gasteiger partial charge in [-0.1, -0.05) is 51.9 Å². The van der Waals surface area contributed by atoms with Crippen LogP contribution in [0.3, 0.4) is 0 Å². The fourth-order valence-corrected chi connectivity index (χ4v) is 3.00. The van der Waals surface area contributed by atoms with Gasteiger partial charge >= 0.3 is 0 Å². The van der Waals surface area contributed by atoms with Gasteiger partial charge in [0, 0.05) is 6.08 Å². The van der Waals surface area contributed by atoms with Crippen LogP contribution in [0.15, 0.2) is 23.1 Å². The Bertz CT molecular complexity index is 356. The summed E-state index contributed by atoms with van der Waals surface area (Å²) in [4.78, 5) is 23.2. The molecule has 106 valence electrons. The van der Waals surface area contributed by atoms with Crippen molar-refractivity contribution in [3.8, 4) is 0 Å². The Labute approximate surface area is 120 Å². The Balaban J connectivity index is 1.99. The van der Waals surface area contributed by atoms with Crippen molar-refractivity contribution in [2.24, 2.45) is 0 Å². The van der Waals surface area contributed by atoms with E-state index in [0.29, 0.717) is 4.91 Å². The molecule has 2 nitrogen and oxygen atoms in total. The average molecular weight is 280 g/mol. The van der Waals surface area contributed by atoms with Gasteiger partial charge < -0.3 is 0 Å². The van der Waals surface area contributed by atoms with Crippen LogP contribution in [0.1, 0.15) is 58.3 Å². The largest absolute Gasteiger partial charge is 0.290 e. The molecule has 1 aliphatic carbocycles. The van der Waals surface area contributed by atoms with Crippen LogP contribution in [-0.2, 0) is 9.59 Å². The zero-order valence-corrected chi connectivity index (χ0v) is 12.6. The van der Waals surface area contributed by atoms with Crippen molar-refractivity contribution in [1.82, 2.24) is 0 Å². The number of thioether (sulfide) groups is 1. The van der Waals surface area contributed by atoms with Crippen LogP contribution in [0.5, 0.6) is 0 Å². The van der Waals surface area contributed by atoms with E-state index in [1.165, 1.54) is 74.9 Å². The van der Waals surface area contributed by atoms with Crippen LogP contribution < -0.4 is 0 Å². The van der Waals surface area contributed by atoms with E-state index < -0.39 is 0 Å². The van der Waals surface area contributed by atoms with Crippen LogP contribution in [0.2, 0.25) is 0 Å². The second-order valence-corrected chi connectivity index (χ2v) is 6.07. The first-order chi connectivity index (χ1) is 9.24. The van der Waals surface area contributed by atoms with Gasteiger partial charge in [0.05, 0.1) is 4.91 Å². The molecule has 0 aromatic heterocycles. The quantitative estimate of drug-likeness (QED) is 0.438. The lowest BCUT2D eigenvalue weighted by atomic mass is 10.1. The van der Waals surface area contributed by atoms with Gasteiger partial charge in [-0.25, -0.2) is 0 Å². The summed E-state index contributed by atoms with van der Waals surface area (Å²) in [7, 11) is 0. The summed E-state index contributed by atoms with van der Waals surface area (Å²) < 4.78 is 0. The molecule has 0 unspecified atom stereocenters. The zero-order chi connectivity index (χ0) is 13.9. The van der Waals surface area contributed by atoms with Gasteiger partial charge in [0.2, 0.25) is 0 Å². The molecular weight excluding hydrogens is 256 g/mol. The summed E-state index contributed by atoms with van der Waals surface area (Å²) in [6.07, 6.45) is 14.5. The maximum atomic E-state index is 11.5. The molecule has 1 rings (SSSR count). The number of carbonyl (C=O) groups excluding carboxylic acids is 2. The van der Waals surface area contributed by atoms with E-state index in [9.17, 15) is 9.59 Å². The zero-order valence-electron chi connectivity index (χ0n) is 11.8. The monoisotopic (exact) mass is 280 g/mol. The Morgan fingerprint density at radius 1 is 0.895 bits per heavy atom. The van der Waals surface area contributed by atoms with Gasteiger partial charge in [-0.3, -0.25) is 9.59 Å². The number of ketones is 2. The van der Waals surface area contributed by atoms with Gasteiger partial charge in [-0.2, -0.15) is 0 Å². The Kier molecular flexibility index (Phi) is 8.55. The maximum absolute atomic E-state index is 11.5. The molecule has 0 atom stereocenters. The maximum Gasteiger partial charge on any atom is 0.192 e. The number of carbonyl (C=O) groups is 2. The second-order valence-electron chi connectivity index (χ2n) is 4.93. The van der Waals surface area contributed by atoms with E-state index in [4.69, 9.17) is 0 Å². The highest BCUT2D eigenvalue weighted by molar-refractivity contribution is 8.04. The van der Waals surface area contributed by atoms with E-state index in [2.05, 4.69) is 6.92 Å². The minimum absolute atomic E-state index is 0.0239. The molecule has 0 radical (unpaired) electrons. The van der Waals surface area contributed by atoms with Gasteiger partial charge in [0.25, 0.3) is 0 Å². The fraction of sp³-hybridized carbons (Fsp3) is 0.625. The number of hydrogen-bond donors (Lipinski definition) is 0. The molecular formula is C16H24O2S. The first-order valence-electron chi connectivity index (χ1n) is 7.35. The highest BCUT2D eigenvalue weighted by atomic mass is 32.2. The van der Waals surface area contributed by atoms with Crippen molar-refractivity contribution in [1.29, 1.82) is 0 Å². The lowest BCUT2D eigenvalue weighted by Gasteiger charge is -2.06. The Morgan fingerprint density at radius 2 is 1.53 bits per heavy atom. The minimum Gasteiger partial charge on any atom is -0.290 e. The molecule has 0 saturated carbocycles.